The molecule has 6 heteroatoms. The van der Waals surface area contributed by atoms with E-state index >= 15 is 0 Å². The molecule has 0 bridgehead atoms. The molecule has 0 aliphatic carbocycles. The van der Waals surface area contributed by atoms with Gasteiger partial charge in [-0.1, -0.05) is 0 Å². The van der Waals surface area contributed by atoms with Gasteiger partial charge in [-0.05, 0) is 25.5 Å². The van der Waals surface area contributed by atoms with Crippen molar-refractivity contribution in [1.82, 2.24) is 19.4 Å². The molecule has 0 aromatic carbocycles. The van der Waals surface area contributed by atoms with Gasteiger partial charge in [-0.2, -0.15) is 0 Å². The van der Waals surface area contributed by atoms with Crippen molar-refractivity contribution in [2.24, 2.45) is 5.92 Å². The lowest BCUT2D eigenvalue weighted by molar-refractivity contribution is -0.128. The predicted molar refractivity (Wildman–Crippen MR) is 94.7 cm³/mol. The summed E-state index contributed by atoms with van der Waals surface area (Å²) in [6.45, 7) is 7.78. The Balaban J connectivity index is 1.50. The fraction of sp³-hybridized carbons (Fsp3) is 0.556. The lowest BCUT2D eigenvalue weighted by atomic mass is 10.1. The largest absolute Gasteiger partial charge is 0.342 e. The van der Waals surface area contributed by atoms with Crippen LogP contribution < -0.4 is 0 Å². The molecule has 2 aliphatic rings. The van der Waals surface area contributed by atoms with E-state index in [1.54, 1.807) is 0 Å². The van der Waals surface area contributed by atoms with Crippen molar-refractivity contribution in [2.75, 3.05) is 19.6 Å². The molecule has 1 atom stereocenters. The van der Waals surface area contributed by atoms with E-state index < -0.39 is 0 Å². The Morgan fingerprint density at radius 1 is 1.33 bits per heavy atom. The number of amides is 1. The van der Waals surface area contributed by atoms with Gasteiger partial charge in [-0.3, -0.25) is 9.69 Å². The summed E-state index contributed by atoms with van der Waals surface area (Å²) in [5.74, 6) is 1.92. The third-order valence-corrected chi connectivity index (χ3v) is 5.95. The molecule has 4 rings (SSSR count). The van der Waals surface area contributed by atoms with Crippen molar-refractivity contribution in [3.05, 3.63) is 40.1 Å². The van der Waals surface area contributed by atoms with Crippen LogP contribution in [0, 0.1) is 12.8 Å². The molecule has 0 saturated carbocycles. The fourth-order valence-corrected chi connectivity index (χ4v) is 4.79. The monoisotopic (exact) mass is 344 g/mol. The second kappa shape index (κ2) is 6.69. The van der Waals surface area contributed by atoms with Gasteiger partial charge in [0.05, 0.1) is 6.54 Å². The van der Waals surface area contributed by atoms with Crippen molar-refractivity contribution in [2.45, 2.75) is 39.4 Å². The zero-order chi connectivity index (χ0) is 16.5. The van der Waals surface area contributed by atoms with E-state index in [1.807, 2.05) is 17.5 Å². The molecule has 5 nitrogen and oxygen atoms in total. The summed E-state index contributed by atoms with van der Waals surface area (Å²) in [4.78, 5) is 23.9. The average molecular weight is 344 g/mol. The normalized spacial score (nSPS) is 22.0. The SMILES string of the molecule is Cc1ccc(CN2Cc3nccn3C[C@H](CN3CCCC3=O)C2)s1. The Hall–Kier alpha value is -1.66. The standard InChI is InChI=1S/C18H24N4OS/c1-14-4-5-16(24-14)12-20-9-15(11-22-7-2-3-18(22)23)10-21-8-6-19-17(21)13-20/h4-6,8,15H,2-3,7,9-13H2,1H3/t15-/m1/s1. The van der Waals surface area contributed by atoms with Gasteiger partial charge in [0.2, 0.25) is 5.91 Å². The van der Waals surface area contributed by atoms with E-state index in [1.165, 1.54) is 9.75 Å². The maximum Gasteiger partial charge on any atom is 0.222 e. The van der Waals surface area contributed by atoms with Crippen molar-refractivity contribution in [3.63, 3.8) is 0 Å². The third kappa shape index (κ3) is 3.39. The van der Waals surface area contributed by atoms with E-state index in [9.17, 15) is 4.79 Å². The summed E-state index contributed by atoms with van der Waals surface area (Å²) in [6, 6.07) is 4.43. The number of carbonyl (C=O) groups is 1. The molecule has 2 aliphatic heterocycles. The van der Waals surface area contributed by atoms with Crippen LogP contribution in [0.15, 0.2) is 24.5 Å². The maximum absolute atomic E-state index is 12.0. The van der Waals surface area contributed by atoms with E-state index in [4.69, 9.17) is 0 Å². The summed E-state index contributed by atoms with van der Waals surface area (Å²) < 4.78 is 2.27. The van der Waals surface area contributed by atoms with E-state index in [0.717, 1.165) is 57.9 Å². The van der Waals surface area contributed by atoms with Crippen LogP contribution in [-0.2, 0) is 24.4 Å². The first-order chi connectivity index (χ1) is 11.7. The van der Waals surface area contributed by atoms with Crippen molar-refractivity contribution < 1.29 is 4.79 Å². The fourth-order valence-electron chi connectivity index (χ4n) is 3.86. The van der Waals surface area contributed by atoms with Crippen LogP contribution in [0.5, 0.6) is 0 Å². The second-order valence-corrected chi connectivity index (χ2v) is 8.36. The van der Waals surface area contributed by atoms with Crippen molar-refractivity contribution in [1.29, 1.82) is 0 Å². The Bertz CT molecular complexity index is 722. The van der Waals surface area contributed by atoms with Crippen LogP contribution in [0.3, 0.4) is 0 Å². The highest BCUT2D eigenvalue weighted by Crippen LogP contribution is 2.23. The number of aromatic nitrogens is 2. The number of hydrogen-bond acceptors (Lipinski definition) is 4. The molecule has 1 fully saturated rings. The van der Waals surface area contributed by atoms with Gasteiger partial charge in [0, 0.05) is 67.2 Å². The molecule has 4 heterocycles. The van der Waals surface area contributed by atoms with Gasteiger partial charge in [0.1, 0.15) is 5.82 Å². The van der Waals surface area contributed by atoms with Crippen molar-refractivity contribution >= 4 is 17.2 Å². The second-order valence-electron chi connectivity index (χ2n) is 6.99. The third-order valence-electron chi connectivity index (χ3n) is 4.96. The van der Waals surface area contributed by atoms with Gasteiger partial charge < -0.3 is 9.47 Å². The maximum atomic E-state index is 12.0. The molecule has 0 radical (unpaired) electrons. The van der Waals surface area contributed by atoms with Crippen LogP contribution in [0.2, 0.25) is 0 Å². The zero-order valence-corrected chi connectivity index (χ0v) is 15.0. The molecule has 0 spiro atoms. The van der Waals surface area contributed by atoms with Gasteiger partial charge in [-0.15, -0.1) is 11.3 Å². The quantitative estimate of drug-likeness (QED) is 0.856. The number of nitrogens with zero attached hydrogens (tertiary/aromatic N) is 4. The predicted octanol–water partition coefficient (Wildman–Crippen LogP) is 2.51. The number of thiophene rings is 1. The first-order valence-corrected chi connectivity index (χ1v) is 9.54. The summed E-state index contributed by atoms with van der Waals surface area (Å²) in [5.41, 5.74) is 0. The first-order valence-electron chi connectivity index (χ1n) is 8.73. The Morgan fingerprint density at radius 3 is 3.00 bits per heavy atom. The van der Waals surface area contributed by atoms with Gasteiger partial charge in [-0.25, -0.2) is 4.98 Å². The zero-order valence-electron chi connectivity index (χ0n) is 14.1. The van der Waals surface area contributed by atoms with Gasteiger partial charge in [0.25, 0.3) is 0 Å². The Morgan fingerprint density at radius 2 is 2.25 bits per heavy atom. The summed E-state index contributed by atoms with van der Waals surface area (Å²) in [6.07, 6.45) is 5.71. The molecule has 24 heavy (non-hydrogen) atoms. The number of rotatable bonds is 4. The summed E-state index contributed by atoms with van der Waals surface area (Å²) >= 11 is 1.87. The van der Waals surface area contributed by atoms with Crippen LogP contribution >= 0.6 is 11.3 Å². The summed E-state index contributed by atoms with van der Waals surface area (Å²) in [5, 5.41) is 0. The number of hydrogen-bond donors (Lipinski definition) is 0. The molecule has 1 amide bonds. The minimum atomic E-state index is 0.325. The van der Waals surface area contributed by atoms with Gasteiger partial charge >= 0.3 is 0 Å². The van der Waals surface area contributed by atoms with E-state index in [-0.39, 0.29) is 0 Å². The highest BCUT2D eigenvalue weighted by atomic mass is 32.1. The number of carbonyl (C=O) groups excluding carboxylic acids is 1. The molecule has 128 valence electrons. The highest BCUT2D eigenvalue weighted by Gasteiger charge is 2.28. The number of fused-ring (bicyclic) bond motifs is 1. The minimum Gasteiger partial charge on any atom is -0.342 e. The lowest BCUT2D eigenvalue weighted by Crippen LogP contribution is -2.37. The highest BCUT2D eigenvalue weighted by molar-refractivity contribution is 7.11. The molecule has 0 unspecified atom stereocenters. The molecular formula is C18H24N4OS. The number of imidazole rings is 1. The van der Waals surface area contributed by atoms with Crippen LogP contribution in [-0.4, -0.2) is 44.9 Å². The van der Waals surface area contributed by atoms with Crippen LogP contribution in [0.4, 0.5) is 0 Å². The van der Waals surface area contributed by atoms with E-state index in [0.29, 0.717) is 11.8 Å². The topological polar surface area (TPSA) is 41.4 Å². The van der Waals surface area contributed by atoms with E-state index in [2.05, 4.69) is 44.6 Å². The van der Waals surface area contributed by atoms with Crippen LogP contribution in [0.1, 0.15) is 28.4 Å². The number of aryl methyl sites for hydroxylation is 1. The molecule has 0 N–H and O–H groups in total. The minimum absolute atomic E-state index is 0.325. The molecule has 2 aromatic heterocycles. The molecular weight excluding hydrogens is 320 g/mol. The molecule has 2 aromatic rings. The Kier molecular flexibility index (Phi) is 4.41. The van der Waals surface area contributed by atoms with Gasteiger partial charge in [0.15, 0.2) is 0 Å². The average Bonchev–Trinajstić information content (AvgIpc) is 3.22. The van der Waals surface area contributed by atoms with Crippen LogP contribution in [0.25, 0.3) is 0 Å². The lowest BCUT2D eigenvalue weighted by Gasteiger charge is -2.27. The first kappa shape index (κ1) is 15.8. The molecule has 1 saturated heterocycles. The summed E-state index contributed by atoms with van der Waals surface area (Å²) in [7, 11) is 0. The Labute approximate surface area is 146 Å². The number of likely N-dealkylation sites (tertiary alicyclic amines) is 1. The smallest absolute Gasteiger partial charge is 0.222 e. The van der Waals surface area contributed by atoms with Crippen molar-refractivity contribution in [3.8, 4) is 0 Å².